The van der Waals surface area contributed by atoms with Crippen LogP contribution in [-0.4, -0.2) is 22.9 Å². The van der Waals surface area contributed by atoms with Gasteiger partial charge in [-0.3, -0.25) is 4.68 Å². The Hall–Kier alpha value is -0.350. The Morgan fingerprint density at radius 1 is 1.25 bits per heavy atom. The Balaban J connectivity index is 2.79. The lowest BCUT2D eigenvalue weighted by atomic mass is 9.78. The van der Waals surface area contributed by atoms with Gasteiger partial charge >= 0.3 is 0 Å². The molecule has 0 aliphatic carbocycles. The minimum Gasteiger partial charge on any atom is -0.316 e. The van der Waals surface area contributed by atoms with E-state index < -0.39 is 0 Å². The zero-order chi connectivity index (χ0) is 15.5. The summed E-state index contributed by atoms with van der Waals surface area (Å²) in [4.78, 5) is 0. The molecule has 0 fully saturated rings. The molecular formula is C16H30BrN3. The fourth-order valence-electron chi connectivity index (χ4n) is 2.37. The van der Waals surface area contributed by atoms with E-state index in [1.807, 2.05) is 11.7 Å². The number of rotatable bonds is 6. The van der Waals surface area contributed by atoms with Crippen LogP contribution in [0.1, 0.15) is 46.0 Å². The summed E-state index contributed by atoms with van der Waals surface area (Å²) in [6.07, 6.45) is 1.05. The van der Waals surface area contributed by atoms with Crippen molar-refractivity contribution < 1.29 is 0 Å². The molecule has 0 radical (unpaired) electrons. The maximum absolute atomic E-state index is 4.50. The van der Waals surface area contributed by atoms with Crippen molar-refractivity contribution in [3.8, 4) is 0 Å². The van der Waals surface area contributed by atoms with E-state index in [0.717, 1.165) is 29.7 Å². The number of aryl methyl sites for hydroxylation is 2. The molecule has 0 aliphatic rings. The molecule has 0 spiro atoms. The number of nitrogens with zero attached hydrogens (tertiary/aromatic N) is 2. The molecule has 1 atom stereocenters. The average molecular weight is 344 g/mol. The molecule has 0 aromatic carbocycles. The van der Waals surface area contributed by atoms with Gasteiger partial charge < -0.3 is 5.32 Å². The first-order valence-electron chi connectivity index (χ1n) is 7.51. The van der Waals surface area contributed by atoms with Crippen molar-refractivity contribution in [2.45, 2.75) is 48.0 Å². The van der Waals surface area contributed by atoms with E-state index in [4.69, 9.17) is 0 Å². The maximum Gasteiger partial charge on any atom is 0.0738 e. The molecule has 0 aliphatic heterocycles. The van der Waals surface area contributed by atoms with Gasteiger partial charge in [0.05, 0.1) is 15.9 Å². The monoisotopic (exact) mass is 343 g/mol. The summed E-state index contributed by atoms with van der Waals surface area (Å²) in [5, 5.41) is 8.12. The first-order valence-corrected chi connectivity index (χ1v) is 8.31. The van der Waals surface area contributed by atoms with Crippen molar-refractivity contribution in [1.82, 2.24) is 15.1 Å². The van der Waals surface area contributed by atoms with Gasteiger partial charge in [-0.15, -0.1) is 0 Å². The minimum absolute atomic E-state index is 0.279. The molecule has 0 bridgehead atoms. The van der Waals surface area contributed by atoms with E-state index in [2.05, 4.69) is 67.9 Å². The molecule has 1 N–H and O–H groups in total. The molecule has 20 heavy (non-hydrogen) atoms. The normalized spacial score (nSPS) is 14.1. The second kappa shape index (κ2) is 7.08. The Morgan fingerprint density at radius 2 is 1.85 bits per heavy atom. The maximum atomic E-state index is 4.50. The molecule has 1 unspecified atom stereocenters. The number of aromatic nitrogens is 2. The third kappa shape index (κ3) is 4.88. The SMILES string of the molecule is Cc1nn(C)c(CC(CNCC(C)C)C(C)(C)C)c1Br. The first-order chi connectivity index (χ1) is 9.12. The number of halogens is 1. The average Bonchev–Trinajstić information content (AvgIpc) is 2.52. The van der Waals surface area contributed by atoms with Crippen LogP contribution in [0.25, 0.3) is 0 Å². The summed E-state index contributed by atoms with van der Waals surface area (Å²) < 4.78 is 3.18. The van der Waals surface area contributed by atoms with Gasteiger partial charge in [-0.25, -0.2) is 0 Å². The zero-order valence-electron chi connectivity index (χ0n) is 14.0. The van der Waals surface area contributed by atoms with Gasteiger partial charge in [0.15, 0.2) is 0 Å². The Morgan fingerprint density at radius 3 is 2.25 bits per heavy atom. The summed E-state index contributed by atoms with van der Waals surface area (Å²) in [7, 11) is 2.04. The Kier molecular flexibility index (Phi) is 6.26. The molecule has 1 aromatic heterocycles. The third-order valence-electron chi connectivity index (χ3n) is 3.87. The van der Waals surface area contributed by atoms with Gasteiger partial charge in [0.2, 0.25) is 0 Å². The molecule has 116 valence electrons. The van der Waals surface area contributed by atoms with Gasteiger partial charge in [-0.2, -0.15) is 5.10 Å². The van der Waals surface area contributed by atoms with Crippen LogP contribution in [0.4, 0.5) is 0 Å². The van der Waals surface area contributed by atoms with E-state index in [1.54, 1.807) is 0 Å². The lowest BCUT2D eigenvalue weighted by molar-refractivity contribution is 0.225. The van der Waals surface area contributed by atoms with E-state index in [1.165, 1.54) is 5.69 Å². The first kappa shape index (κ1) is 17.7. The lowest BCUT2D eigenvalue weighted by Crippen LogP contribution is -2.35. The van der Waals surface area contributed by atoms with E-state index in [9.17, 15) is 0 Å². The highest BCUT2D eigenvalue weighted by Crippen LogP contribution is 2.31. The molecule has 0 saturated carbocycles. The standard InChI is InChI=1S/C16H30BrN3/c1-11(2)9-18-10-13(16(4,5)6)8-14-15(17)12(3)19-20(14)7/h11,13,18H,8-10H2,1-7H3. The van der Waals surface area contributed by atoms with Crippen LogP contribution >= 0.6 is 15.9 Å². The molecule has 0 saturated heterocycles. The van der Waals surface area contributed by atoms with E-state index in [-0.39, 0.29) is 5.41 Å². The second-order valence-corrected chi connectivity index (χ2v) is 8.08. The van der Waals surface area contributed by atoms with Gasteiger partial charge in [-0.1, -0.05) is 34.6 Å². The molecule has 1 heterocycles. The lowest BCUT2D eigenvalue weighted by Gasteiger charge is -2.31. The second-order valence-electron chi connectivity index (χ2n) is 7.29. The van der Waals surface area contributed by atoms with E-state index >= 15 is 0 Å². The molecular weight excluding hydrogens is 314 g/mol. The predicted molar refractivity (Wildman–Crippen MR) is 90.0 cm³/mol. The van der Waals surface area contributed by atoms with E-state index in [0.29, 0.717) is 11.8 Å². The van der Waals surface area contributed by atoms with Crippen molar-refractivity contribution in [2.24, 2.45) is 24.3 Å². The van der Waals surface area contributed by atoms with Crippen LogP contribution in [0.3, 0.4) is 0 Å². The Bertz CT molecular complexity index is 430. The van der Waals surface area contributed by atoms with Gasteiger partial charge in [0.1, 0.15) is 0 Å². The van der Waals surface area contributed by atoms with Gasteiger partial charge in [-0.05, 0) is 59.6 Å². The van der Waals surface area contributed by atoms with Crippen LogP contribution in [0.5, 0.6) is 0 Å². The molecule has 0 amide bonds. The summed E-state index contributed by atoms with van der Waals surface area (Å²) >= 11 is 3.68. The minimum atomic E-state index is 0.279. The number of hydrogen-bond acceptors (Lipinski definition) is 2. The predicted octanol–water partition coefficient (Wildman–Crippen LogP) is 3.94. The fourth-order valence-corrected chi connectivity index (χ4v) is 2.86. The van der Waals surface area contributed by atoms with Crippen LogP contribution in [-0.2, 0) is 13.5 Å². The number of nitrogens with one attached hydrogen (secondary N) is 1. The summed E-state index contributed by atoms with van der Waals surface area (Å²) in [6, 6.07) is 0. The van der Waals surface area contributed by atoms with Gasteiger partial charge in [0, 0.05) is 7.05 Å². The van der Waals surface area contributed by atoms with Crippen LogP contribution in [0.2, 0.25) is 0 Å². The highest BCUT2D eigenvalue weighted by atomic mass is 79.9. The van der Waals surface area contributed by atoms with Crippen molar-refractivity contribution in [3.05, 3.63) is 15.9 Å². The third-order valence-corrected chi connectivity index (χ3v) is 4.90. The highest BCUT2D eigenvalue weighted by molar-refractivity contribution is 9.10. The van der Waals surface area contributed by atoms with Crippen molar-refractivity contribution in [1.29, 1.82) is 0 Å². The molecule has 1 aromatic rings. The molecule has 3 nitrogen and oxygen atoms in total. The van der Waals surface area contributed by atoms with Crippen LogP contribution in [0, 0.1) is 24.2 Å². The largest absolute Gasteiger partial charge is 0.316 e. The van der Waals surface area contributed by atoms with Crippen LogP contribution < -0.4 is 5.32 Å². The summed E-state index contributed by atoms with van der Waals surface area (Å²) in [6.45, 7) is 15.7. The quantitative estimate of drug-likeness (QED) is 0.847. The summed E-state index contributed by atoms with van der Waals surface area (Å²) in [5.74, 6) is 1.29. The van der Waals surface area contributed by atoms with Crippen molar-refractivity contribution >= 4 is 15.9 Å². The summed E-state index contributed by atoms with van der Waals surface area (Å²) in [5.41, 5.74) is 2.65. The van der Waals surface area contributed by atoms with Crippen molar-refractivity contribution in [3.63, 3.8) is 0 Å². The molecule has 1 rings (SSSR count). The van der Waals surface area contributed by atoms with Gasteiger partial charge in [0.25, 0.3) is 0 Å². The highest BCUT2D eigenvalue weighted by Gasteiger charge is 2.27. The topological polar surface area (TPSA) is 29.9 Å². The number of hydrogen-bond donors (Lipinski definition) is 1. The smallest absolute Gasteiger partial charge is 0.0738 e. The molecule has 4 heteroatoms. The van der Waals surface area contributed by atoms with Crippen LogP contribution in [0.15, 0.2) is 4.47 Å². The zero-order valence-corrected chi connectivity index (χ0v) is 15.6. The van der Waals surface area contributed by atoms with Crippen molar-refractivity contribution in [2.75, 3.05) is 13.1 Å². The fraction of sp³-hybridized carbons (Fsp3) is 0.812. The Labute approximate surface area is 132 Å².